The summed E-state index contributed by atoms with van der Waals surface area (Å²) in [6.07, 6.45) is 12.4. The third kappa shape index (κ3) is 18.1. The maximum absolute atomic E-state index is 5.73. The first-order valence-electron chi connectivity index (χ1n) is 13.2. The van der Waals surface area contributed by atoms with Crippen molar-refractivity contribution < 1.29 is 23.7 Å². The van der Waals surface area contributed by atoms with Crippen molar-refractivity contribution in [3.63, 3.8) is 0 Å². The fraction of sp³-hybridized carbons (Fsp3) is 0.786. The van der Waals surface area contributed by atoms with E-state index in [2.05, 4.69) is 38.1 Å². The van der Waals surface area contributed by atoms with E-state index in [0.29, 0.717) is 65.4 Å². The molecule has 1 aromatic carbocycles. The van der Waals surface area contributed by atoms with Crippen LogP contribution in [0.3, 0.4) is 0 Å². The zero-order chi connectivity index (χ0) is 23.8. The highest BCUT2D eigenvalue weighted by molar-refractivity contribution is 5.24. The maximum Gasteiger partial charge on any atom is 0.0718 e. The molecule has 0 aliphatic heterocycles. The van der Waals surface area contributed by atoms with Crippen LogP contribution in [0.1, 0.15) is 88.7 Å². The largest absolute Gasteiger partial charge is 0.382 e. The first kappa shape index (κ1) is 30.1. The molecule has 0 amide bonds. The van der Waals surface area contributed by atoms with Gasteiger partial charge in [-0.2, -0.15) is 0 Å². The summed E-state index contributed by atoms with van der Waals surface area (Å²) in [5.74, 6) is 0.632. The molecule has 0 bridgehead atoms. The zero-order valence-corrected chi connectivity index (χ0v) is 21.7. The summed E-state index contributed by atoms with van der Waals surface area (Å²) in [6, 6.07) is 8.92. The standard InChI is InChI=1S/C28H50O5/c1-4-5-6-7-8-9-10-11-12-26(2)28-15-13-27(14-16-28)25-33-24-23-32-22-21-31-20-19-30-18-17-29-3/h13-16,26H,4-12,17-25H2,1-3H3. The Bertz CT molecular complexity index is 520. The van der Waals surface area contributed by atoms with Crippen molar-refractivity contribution in [2.45, 2.75) is 84.2 Å². The van der Waals surface area contributed by atoms with E-state index < -0.39 is 0 Å². The van der Waals surface area contributed by atoms with Crippen LogP contribution < -0.4 is 0 Å². The van der Waals surface area contributed by atoms with Crippen molar-refractivity contribution in [3.05, 3.63) is 35.4 Å². The van der Waals surface area contributed by atoms with Crippen LogP contribution in [0.25, 0.3) is 0 Å². The summed E-state index contributed by atoms with van der Waals surface area (Å²) < 4.78 is 26.9. The molecule has 0 saturated heterocycles. The van der Waals surface area contributed by atoms with Crippen LogP contribution in [0, 0.1) is 0 Å². The van der Waals surface area contributed by atoms with E-state index in [0.717, 1.165) is 0 Å². The Morgan fingerprint density at radius 1 is 0.606 bits per heavy atom. The maximum atomic E-state index is 5.73. The molecule has 1 rings (SSSR count). The van der Waals surface area contributed by atoms with Gasteiger partial charge in [0.25, 0.3) is 0 Å². The third-order valence-electron chi connectivity index (χ3n) is 5.86. The third-order valence-corrected chi connectivity index (χ3v) is 5.86. The van der Waals surface area contributed by atoms with Gasteiger partial charge in [-0.25, -0.2) is 0 Å². The van der Waals surface area contributed by atoms with Gasteiger partial charge in [-0.05, 0) is 23.5 Å². The molecule has 0 saturated carbocycles. The van der Waals surface area contributed by atoms with Crippen LogP contribution in [0.15, 0.2) is 24.3 Å². The van der Waals surface area contributed by atoms with Crippen LogP contribution >= 0.6 is 0 Å². The molecule has 1 aromatic rings. The minimum absolute atomic E-state index is 0.576. The first-order chi connectivity index (χ1) is 16.3. The van der Waals surface area contributed by atoms with Crippen molar-refractivity contribution >= 4 is 0 Å². The SMILES string of the molecule is CCCCCCCCCCC(C)c1ccc(COCCOCCOCCOCCOC)cc1. The van der Waals surface area contributed by atoms with Gasteiger partial charge >= 0.3 is 0 Å². The molecule has 192 valence electrons. The van der Waals surface area contributed by atoms with E-state index in [1.54, 1.807) is 7.11 Å². The Labute approximate surface area is 203 Å². The molecule has 5 heteroatoms. The van der Waals surface area contributed by atoms with Crippen LogP contribution in [0.5, 0.6) is 0 Å². The summed E-state index contributed by atoms with van der Waals surface area (Å²) in [7, 11) is 1.66. The smallest absolute Gasteiger partial charge is 0.0718 e. The molecular weight excluding hydrogens is 416 g/mol. The van der Waals surface area contributed by atoms with E-state index in [1.165, 1.54) is 68.9 Å². The molecule has 33 heavy (non-hydrogen) atoms. The highest BCUT2D eigenvalue weighted by Gasteiger charge is 2.05. The van der Waals surface area contributed by atoms with Crippen molar-refractivity contribution in [1.82, 2.24) is 0 Å². The van der Waals surface area contributed by atoms with E-state index in [1.807, 2.05) is 0 Å². The summed E-state index contributed by atoms with van der Waals surface area (Å²) in [5.41, 5.74) is 2.66. The predicted octanol–water partition coefficient (Wildman–Crippen LogP) is 6.53. The molecular formula is C28H50O5. The summed E-state index contributed by atoms with van der Waals surface area (Å²) in [4.78, 5) is 0. The number of hydrogen-bond donors (Lipinski definition) is 0. The van der Waals surface area contributed by atoms with Gasteiger partial charge in [-0.1, -0.05) is 89.5 Å². The summed E-state index contributed by atoms with van der Waals surface area (Å²) >= 11 is 0. The van der Waals surface area contributed by atoms with E-state index in [-0.39, 0.29) is 0 Å². The molecule has 0 aliphatic carbocycles. The van der Waals surface area contributed by atoms with E-state index >= 15 is 0 Å². The fourth-order valence-electron chi connectivity index (χ4n) is 3.69. The number of hydrogen-bond acceptors (Lipinski definition) is 5. The van der Waals surface area contributed by atoms with Crippen molar-refractivity contribution in [3.8, 4) is 0 Å². The molecule has 1 unspecified atom stereocenters. The van der Waals surface area contributed by atoms with Gasteiger partial charge in [-0.3, -0.25) is 0 Å². The second-order valence-electron chi connectivity index (χ2n) is 8.79. The predicted molar refractivity (Wildman–Crippen MR) is 136 cm³/mol. The van der Waals surface area contributed by atoms with Gasteiger partial charge in [-0.15, -0.1) is 0 Å². The van der Waals surface area contributed by atoms with Crippen LogP contribution in [-0.4, -0.2) is 60.0 Å². The molecule has 0 spiro atoms. The number of unbranched alkanes of at least 4 members (excludes halogenated alkanes) is 7. The molecule has 0 aromatic heterocycles. The van der Waals surface area contributed by atoms with Crippen LogP contribution in [0.2, 0.25) is 0 Å². The number of ether oxygens (including phenoxy) is 5. The van der Waals surface area contributed by atoms with Gasteiger partial charge in [0.2, 0.25) is 0 Å². The summed E-state index contributed by atoms with van der Waals surface area (Å²) in [5, 5.41) is 0. The molecule has 0 aliphatic rings. The van der Waals surface area contributed by atoms with Crippen molar-refractivity contribution in [1.29, 1.82) is 0 Å². The lowest BCUT2D eigenvalue weighted by molar-refractivity contribution is -0.00948. The molecule has 0 heterocycles. The molecule has 1 atom stereocenters. The Balaban J connectivity index is 1.96. The minimum Gasteiger partial charge on any atom is -0.382 e. The Morgan fingerprint density at radius 2 is 1.09 bits per heavy atom. The Morgan fingerprint density at radius 3 is 1.64 bits per heavy atom. The average molecular weight is 467 g/mol. The van der Waals surface area contributed by atoms with Gasteiger partial charge in [0, 0.05) is 7.11 Å². The topological polar surface area (TPSA) is 46.2 Å². The number of methoxy groups -OCH3 is 1. The van der Waals surface area contributed by atoms with Gasteiger partial charge < -0.3 is 23.7 Å². The molecule has 5 nitrogen and oxygen atoms in total. The summed E-state index contributed by atoms with van der Waals surface area (Å²) in [6.45, 7) is 9.98. The average Bonchev–Trinajstić information content (AvgIpc) is 2.84. The fourth-order valence-corrected chi connectivity index (χ4v) is 3.69. The van der Waals surface area contributed by atoms with Crippen molar-refractivity contribution in [2.75, 3.05) is 60.0 Å². The van der Waals surface area contributed by atoms with E-state index in [9.17, 15) is 0 Å². The van der Waals surface area contributed by atoms with E-state index in [4.69, 9.17) is 23.7 Å². The highest BCUT2D eigenvalue weighted by Crippen LogP contribution is 2.23. The zero-order valence-electron chi connectivity index (χ0n) is 21.7. The lowest BCUT2D eigenvalue weighted by Gasteiger charge is -2.13. The highest BCUT2D eigenvalue weighted by atomic mass is 16.6. The Kier molecular flexibility index (Phi) is 20.8. The van der Waals surface area contributed by atoms with Crippen molar-refractivity contribution in [2.24, 2.45) is 0 Å². The monoisotopic (exact) mass is 466 g/mol. The minimum atomic E-state index is 0.576. The lowest BCUT2D eigenvalue weighted by Crippen LogP contribution is -2.12. The van der Waals surface area contributed by atoms with Gasteiger partial charge in [0.15, 0.2) is 0 Å². The lowest BCUT2D eigenvalue weighted by atomic mass is 9.94. The number of benzene rings is 1. The second-order valence-corrected chi connectivity index (χ2v) is 8.79. The number of rotatable bonds is 24. The molecule has 0 N–H and O–H groups in total. The quantitative estimate of drug-likeness (QED) is 0.162. The van der Waals surface area contributed by atoms with Crippen LogP contribution in [-0.2, 0) is 30.3 Å². The Hall–Kier alpha value is -0.980. The molecule has 0 fully saturated rings. The van der Waals surface area contributed by atoms with Gasteiger partial charge in [0.1, 0.15) is 0 Å². The second kappa shape index (κ2) is 22.8. The van der Waals surface area contributed by atoms with Crippen LogP contribution in [0.4, 0.5) is 0 Å². The normalized spacial score (nSPS) is 12.3. The van der Waals surface area contributed by atoms with Gasteiger partial charge in [0.05, 0.1) is 59.5 Å². The first-order valence-corrected chi connectivity index (χ1v) is 13.2. The molecule has 0 radical (unpaired) electrons.